The summed E-state index contributed by atoms with van der Waals surface area (Å²) < 4.78 is 4.27. The molecule has 1 aliphatic heterocycles. The maximum atomic E-state index is 13.0. The minimum atomic E-state index is 0.0158. The number of benzene rings is 2. The molecule has 0 unspecified atom stereocenters. The molecule has 6 nitrogen and oxygen atoms in total. The van der Waals surface area contributed by atoms with Crippen LogP contribution in [0.3, 0.4) is 0 Å². The van der Waals surface area contributed by atoms with E-state index < -0.39 is 0 Å². The first kappa shape index (κ1) is 18.3. The molecule has 30 heavy (non-hydrogen) atoms. The van der Waals surface area contributed by atoms with Crippen molar-refractivity contribution in [3.63, 3.8) is 0 Å². The fourth-order valence-electron chi connectivity index (χ4n) is 3.57. The van der Waals surface area contributed by atoms with E-state index in [4.69, 9.17) is 0 Å². The van der Waals surface area contributed by atoms with Crippen molar-refractivity contribution in [2.75, 3.05) is 15.5 Å². The molecule has 1 aliphatic rings. The van der Waals surface area contributed by atoms with Crippen LogP contribution in [0.5, 0.6) is 0 Å². The predicted octanol–water partition coefficient (Wildman–Crippen LogP) is 5.49. The van der Waals surface area contributed by atoms with Crippen molar-refractivity contribution in [2.24, 2.45) is 0 Å². The zero-order chi connectivity index (χ0) is 20.5. The highest BCUT2D eigenvalue weighted by atomic mass is 32.1. The molecular formula is C23H19N5OS. The van der Waals surface area contributed by atoms with Gasteiger partial charge in [0.1, 0.15) is 5.82 Å². The number of pyridine rings is 1. The molecule has 2 aromatic carbocycles. The lowest BCUT2D eigenvalue weighted by molar-refractivity contribution is 0.0996. The van der Waals surface area contributed by atoms with E-state index in [9.17, 15) is 4.79 Å². The monoisotopic (exact) mass is 413 g/mol. The summed E-state index contributed by atoms with van der Waals surface area (Å²) in [5.41, 5.74) is 6.39. The smallest absolute Gasteiger partial charge is 0.258 e. The van der Waals surface area contributed by atoms with Crippen LogP contribution >= 0.6 is 11.5 Å². The molecule has 148 valence electrons. The van der Waals surface area contributed by atoms with Gasteiger partial charge >= 0.3 is 0 Å². The van der Waals surface area contributed by atoms with Gasteiger partial charge in [0, 0.05) is 45.6 Å². The van der Waals surface area contributed by atoms with Gasteiger partial charge in [-0.15, -0.1) is 0 Å². The first-order valence-corrected chi connectivity index (χ1v) is 10.4. The average Bonchev–Trinajstić information content (AvgIpc) is 3.36. The summed E-state index contributed by atoms with van der Waals surface area (Å²) >= 11 is 1.40. The molecule has 0 bridgehead atoms. The third kappa shape index (κ3) is 3.62. The molecule has 0 fully saturated rings. The number of anilines is 5. The number of aromatic nitrogens is 2. The second-order valence-corrected chi connectivity index (χ2v) is 7.80. The minimum Gasteiger partial charge on any atom is -0.355 e. The Bertz CT molecular complexity index is 1220. The van der Waals surface area contributed by atoms with Crippen LogP contribution in [0.1, 0.15) is 21.6 Å². The van der Waals surface area contributed by atoms with Gasteiger partial charge < -0.3 is 15.5 Å². The number of hydrogen-bond acceptors (Lipinski definition) is 6. The fourth-order valence-corrected chi connectivity index (χ4v) is 4.04. The van der Waals surface area contributed by atoms with Gasteiger partial charge in [-0.2, -0.15) is 4.37 Å². The third-order valence-electron chi connectivity index (χ3n) is 4.96. The molecule has 0 saturated heterocycles. The SMILES string of the molecule is Cc1cc(Nc2ccc3c(c2)CN(c2cccc(Nc4ccsn4)c2)C3=O)ccn1. The average molecular weight is 414 g/mol. The highest BCUT2D eigenvalue weighted by Gasteiger charge is 2.28. The van der Waals surface area contributed by atoms with Gasteiger partial charge in [-0.25, -0.2) is 0 Å². The number of nitrogens with zero attached hydrogens (tertiary/aromatic N) is 3. The van der Waals surface area contributed by atoms with Gasteiger partial charge in [0.25, 0.3) is 5.91 Å². The van der Waals surface area contributed by atoms with Gasteiger partial charge in [-0.05, 0) is 78.6 Å². The second-order valence-electron chi connectivity index (χ2n) is 7.13. The van der Waals surface area contributed by atoms with Crippen LogP contribution in [0, 0.1) is 6.92 Å². The van der Waals surface area contributed by atoms with Crippen LogP contribution < -0.4 is 15.5 Å². The number of aryl methyl sites for hydroxylation is 1. The summed E-state index contributed by atoms with van der Waals surface area (Å²) in [5.74, 6) is 0.817. The molecule has 0 aliphatic carbocycles. The Morgan fingerprint density at radius 2 is 1.83 bits per heavy atom. The molecule has 7 heteroatoms. The molecule has 0 atom stereocenters. The normalized spacial score (nSPS) is 12.7. The van der Waals surface area contributed by atoms with Crippen molar-refractivity contribution in [1.82, 2.24) is 9.36 Å². The summed E-state index contributed by atoms with van der Waals surface area (Å²) in [4.78, 5) is 19.0. The van der Waals surface area contributed by atoms with Gasteiger partial charge in [0.2, 0.25) is 0 Å². The second kappa shape index (κ2) is 7.61. The van der Waals surface area contributed by atoms with Crippen molar-refractivity contribution in [1.29, 1.82) is 0 Å². The first-order chi connectivity index (χ1) is 14.7. The van der Waals surface area contributed by atoms with Crippen molar-refractivity contribution in [3.05, 3.63) is 89.1 Å². The van der Waals surface area contributed by atoms with Gasteiger partial charge in [0.15, 0.2) is 0 Å². The van der Waals surface area contributed by atoms with Crippen LogP contribution in [-0.4, -0.2) is 15.3 Å². The largest absolute Gasteiger partial charge is 0.355 e. The number of hydrogen-bond donors (Lipinski definition) is 2. The standard InChI is InChI=1S/C23H19N5OS/c1-15-11-19(7-9-24-15)25-18-5-6-21-16(12-18)14-28(23(21)29)20-4-2-3-17(13-20)26-22-8-10-30-27-22/h2-13H,14H2,1H3,(H,24,25)(H,26,27). The van der Waals surface area contributed by atoms with Crippen LogP contribution in [0.25, 0.3) is 0 Å². The number of carbonyl (C=O) groups excluding carboxylic acids is 1. The Labute approximate surface area is 178 Å². The van der Waals surface area contributed by atoms with Crippen LogP contribution in [0.15, 0.2) is 72.2 Å². The van der Waals surface area contributed by atoms with E-state index in [0.717, 1.165) is 45.4 Å². The number of rotatable bonds is 5. The summed E-state index contributed by atoms with van der Waals surface area (Å²) in [7, 11) is 0. The van der Waals surface area contributed by atoms with E-state index in [1.807, 2.05) is 73.0 Å². The molecule has 1 amide bonds. The van der Waals surface area contributed by atoms with Gasteiger partial charge in [0.05, 0.1) is 6.54 Å². The summed E-state index contributed by atoms with van der Waals surface area (Å²) in [6, 6.07) is 19.6. The lowest BCUT2D eigenvalue weighted by Crippen LogP contribution is -2.22. The lowest BCUT2D eigenvalue weighted by atomic mass is 10.1. The Hall–Kier alpha value is -3.71. The maximum Gasteiger partial charge on any atom is 0.258 e. The van der Waals surface area contributed by atoms with Gasteiger partial charge in [-0.3, -0.25) is 9.78 Å². The fraction of sp³-hybridized carbons (Fsp3) is 0.0870. The van der Waals surface area contributed by atoms with Crippen LogP contribution in [-0.2, 0) is 6.54 Å². The Morgan fingerprint density at radius 3 is 2.67 bits per heavy atom. The summed E-state index contributed by atoms with van der Waals surface area (Å²) in [6.45, 7) is 2.50. The topological polar surface area (TPSA) is 70.2 Å². The molecule has 5 rings (SSSR count). The van der Waals surface area contributed by atoms with Gasteiger partial charge in [-0.1, -0.05) is 6.07 Å². The van der Waals surface area contributed by atoms with Crippen molar-refractivity contribution in [2.45, 2.75) is 13.5 Å². The molecule has 2 aromatic heterocycles. The van der Waals surface area contributed by atoms with E-state index in [1.54, 1.807) is 11.1 Å². The van der Waals surface area contributed by atoms with E-state index in [1.165, 1.54) is 11.5 Å². The van der Waals surface area contributed by atoms with E-state index in [2.05, 4.69) is 20.0 Å². The Morgan fingerprint density at radius 1 is 0.967 bits per heavy atom. The molecule has 0 radical (unpaired) electrons. The van der Waals surface area contributed by atoms with Crippen molar-refractivity contribution < 1.29 is 4.79 Å². The van der Waals surface area contributed by atoms with E-state index in [-0.39, 0.29) is 5.91 Å². The number of nitrogens with one attached hydrogen (secondary N) is 2. The molecular weight excluding hydrogens is 394 g/mol. The number of amides is 1. The molecule has 2 N–H and O–H groups in total. The zero-order valence-electron chi connectivity index (χ0n) is 16.3. The van der Waals surface area contributed by atoms with E-state index >= 15 is 0 Å². The van der Waals surface area contributed by atoms with Crippen LogP contribution in [0.4, 0.5) is 28.6 Å². The maximum absolute atomic E-state index is 13.0. The Balaban J connectivity index is 1.37. The van der Waals surface area contributed by atoms with Crippen molar-refractivity contribution >= 4 is 46.0 Å². The summed E-state index contributed by atoms with van der Waals surface area (Å²) in [6.07, 6.45) is 1.78. The third-order valence-corrected chi connectivity index (χ3v) is 5.52. The molecule has 4 aromatic rings. The first-order valence-electron chi connectivity index (χ1n) is 9.58. The number of fused-ring (bicyclic) bond motifs is 1. The highest BCUT2D eigenvalue weighted by molar-refractivity contribution is 7.03. The Kier molecular flexibility index (Phi) is 4.65. The predicted molar refractivity (Wildman–Crippen MR) is 121 cm³/mol. The van der Waals surface area contributed by atoms with Crippen LogP contribution in [0.2, 0.25) is 0 Å². The summed E-state index contributed by atoms with van der Waals surface area (Å²) in [5, 5.41) is 8.59. The van der Waals surface area contributed by atoms with Crippen molar-refractivity contribution in [3.8, 4) is 0 Å². The lowest BCUT2D eigenvalue weighted by Gasteiger charge is -2.17. The molecule has 0 spiro atoms. The zero-order valence-corrected chi connectivity index (χ0v) is 17.1. The molecule has 0 saturated carbocycles. The molecule has 3 heterocycles. The minimum absolute atomic E-state index is 0.0158. The van der Waals surface area contributed by atoms with E-state index in [0.29, 0.717) is 6.54 Å². The quantitative estimate of drug-likeness (QED) is 0.452. The highest BCUT2D eigenvalue weighted by Crippen LogP contribution is 2.32. The number of carbonyl (C=O) groups is 1.